The summed E-state index contributed by atoms with van der Waals surface area (Å²) < 4.78 is 164. The van der Waals surface area contributed by atoms with Gasteiger partial charge in [0.05, 0.1) is 22.4 Å². The van der Waals surface area contributed by atoms with Crippen molar-refractivity contribution in [2.24, 2.45) is 11.8 Å². The second kappa shape index (κ2) is 6.52. The SMILES string of the molecule is [2H]c1c(OC([2H])([2H])[2H])c(OC)c([2H])c2c1C1([2H])CC(=O)C(C([2H])([2H])C([2H])(C([2H])([2H])[2H])C([2H])([2H])[2H])CN1C([2H])([2H])C2([2H])[2H]. The Balaban J connectivity index is 2.38. The number of ether oxygens (including phenoxy) is 2. The lowest BCUT2D eigenvalue weighted by Crippen LogP contribution is -2.46. The normalized spacial score (nSPS) is 46.7. The number of hydrogen-bond donors (Lipinski definition) is 0. The lowest BCUT2D eigenvalue weighted by molar-refractivity contribution is -0.129. The minimum absolute atomic E-state index is 0.300. The summed E-state index contributed by atoms with van der Waals surface area (Å²) in [6.45, 7) is -12.4. The Morgan fingerprint density at radius 1 is 1.57 bits per heavy atom. The molecule has 4 heteroatoms. The molecule has 2 heterocycles. The maximum Gasteiger partial charge on any atom is 0.161 e. The van der Waals surface area contributed by atoms with Gasteiger partial charge in [0.2, 0.25) is 0 Å². The maximum absolute atomic E-state index is 13.5. The smallest absolute Gasteiger partial charge is 0.161 e. The lowest BCUT2D eigenvalue weighted by atomic mass is 9.80. The molecule has 1 saturated heterocycles. The van der Waals surface area contributed by atoms with Crippen molar-refractivity contribution in [1.82, 2.24) is 4.90 Å². The number of carbonyl (C=O) groups is 1. The zero-order chi connectivity index (χ0) is 33.0. The van der Waals surface area contributed by atoms with Gasteiger partial charge in [0.15, 0.2) is 11.5 Å². The number of Topliss-reactive ketones (excluding diaryl/α,β-unsaturated/α-hetero) is 1. The first kappa shape index (κ1) is 4.98. The van der Waals surface area contributed by atoms with Crippen molar-refractivity contribution in [3.05, 3.63) is 23.2 Å². The Hall–Kier alpha value is -1.55. The number of rotatable bonds is 4. The predicted molar refractivity (Wildman–Crippen MR) is 90.1 cm³/mol. The van der Waals surface area contributed by atoms with Crippen LogP contribution >= 0.6 is 0 Å². The van der Waals surface area contributed by atoms with E-state index < -0.39 is 111 Å². The summed E-state index contributed by atoms with van der Waals surface area (Å²) in [6.07, 6.45) is -8.36. The molecule has 23 heavy (non-hydrogen) atoms. The molecule has 126 valence electrons. The third kappa shape index (κ3) is 3.09. The second-order valence-corrected chi connectivity index (χ2v) is 4.97. The number of hydrogen-bond acceptors (Lipinski definition) is 4. The van der Waals surface area contributed by atoms with Crippen molar-refractivity contribution in [1.29, 1.82) is 0 Å². The number of fused-ring (bicyclic) bond motifs is 3. The highest BCUT2D eigenvalue weighted by atomic mass is 16.5. The van der Waals surface area contributed by atoms with Gasteiger partial charge in [-0.2, -0.15) is 0 Å². The summed E-state index contributed by atoms with van der Waals surface area (Å²) in [5.41, 5.74) is -1.80. The Kier molecular flexibility index (Phi) is 1.41. The summed E-state index contributed by atoms with van der Waals surface area (Å²) in [5.74, 6) is -9.37. The average molecular weight is 337 g/mol. The van der Waals surface area contributed by atoms with Crippen molar-refractivity contribution in [2.75, 3.05) is 27.2 Å². The highest BCUT2D eigenvalue weighted by Crippen LogP contribution is 2.42. The molecule has 0 radical (unpaired) electrons. The van der Waals surface area contributed by atoms with Crippen LogP contribution in [0.4, 0.5) is 0 Å². The van der Waals surface area contributed by atoms with E-state index in [-0.39, 0.29) is 0 Å². The molecule has 1 aromatic rings. The van der Waals surface area contributed by atoms with Crippen LogP contribution in [-0.2, 0) is 11.2 Å². The summed E-state index contributed by atoms with van der Waals surface area (Å²) in [7, 11) is -2.30. The molecule has 3 rings (SSSR count). The van der Waals surface area contributed by atoms with Gasteiger partial charge in [0.25, 0.3) is 0 Å². The number of nitrogens with zero attached hydrogens (tertiary/aromatic N) is 1. The van der Waals surface area contributed by atoms with Crippen LogP contribution in [0.5, 0.6) is 11.5 Å². The van der Waals surface area contributed by atoms with Gasteiger partial charge in [-0.3, -0.25) is 9.69 Å². The molecule has 0 saturated carbocycles. The number of ketones is 1. The highest BCUT2D eigenvalue weighted by molar-refractivity contribution is 5.83. The van der Waals surface area contributed by atoms with Gasteiger partial charge in [-0.1, -0.05) is 13.7 Å². The molecular weight excluding hydrogens is 290 g/mol. The Morgan fingerprint density at radius 2 is 2.39 bits per heavy atom. The standard InChI is InChI=1S/C19H27NO3/c1-12(2)7-14-11-20-6-5-13-8-18(22-3)19(23-4)9-15(13)16(20)10-17(14)21/h8-9,12,14,16H,5-7,10-11H2,1-4H3/i1D3,2D3,4D3,5D2,6D2,7D2,8D,9D,12D,16D. The monoisotopic (exact) mass is 336 g/mol. The minimum atomic E-state index is -3.93. The van der Waals surface area contributed by atoms with Crippen LogP contribution in [0.25, 0.3) is 0 Å². The van der Waals surface area contributed by atoms with Crippen LogP contribution in [0.1, 0.15) is 69.7 Å². The van der Waals surface area contributed by atoms with Gasteiger partial charge in [0.1, 0.15) is 5.78 Å². The topological polar surface area (TPSA) is 38.8 Å². The van der Waals surface area contributed by atoms with Crippen LogP contribution in [0.3, 0.4) is 0 Å². The van der Waals surface area contributed by atoms with E-state index >= 15 is 0 Å². The second-order valence-electron chi connectivity index (χ2n) is 4.97. The third-order valence-corrected chi connectivity index (χ3v) is 3.58. The van der Waals surface area contributed by atoms with E-state index in [1.807, 2.05) is 0 Å². The predicted octanol–water partition coefficient (Wildman–Crippen LogP) is 3.24. The largest absolute Gasteiger partial charge is 0.493 e. The van der Waals surface area contributed by atoms with Crippen molar-refractivity contribution < 1.29 is 40.3 Å². The highest BCUT2D eigenvalue weighted by Gasteiger charge is 2.38. The van der Waals surface area contributed by atoms with Crippen LogP contribution in [0, 0.1) is 11.8 Å². The Bertz CT molecular complexity index is 1270. The van der Waals surface area contributed by atoms with Crippen LogP contribution in [0.2, 0.25) is 0 Å². The number of carbonyl (C=O) groups excluding carboxylic acids is 1. The molecule has 2 aliphatic heterocycles. The van der Waals surface area contributed by atoms with Gasteiger partial charge >= 0.3 is 0 Å². The van der Waals surface area contributed by atoms with Crippen LogP contribution in [-0.4, -0.2) is 37.9 Å². The maximum atomic E-state index is 13.5. The quantitative estimate of drug-likeness (QED) is 0.846. The molecule has 2 unspecified atom stereocenters. The molecule has 0 bridgehead atoms. The number of benzene rings is 1. The molecule has 0 aromatic heterocycles. The zero-order valence-corrected chi connectivity index (χ0v) is 12.2. The van der Waals surface area contributed by atoms with E-state index in [0.717, 1.165) is 7.11 Å². The molecular formula is C19H27NO3. The van der Waals surface area contributed by atoms with Crippen LogP contribution in [0.15, 0.2) is 12.1 Å². The van der Waals surface area contributed by atoms with Gasteiger partial charge in [-0.05, 0) is 41.9 Å². The molecule has 0 N–H and O–H groups in total. The summed E-state index contributed by atoms with van der Waals surface area (Å²) >= 11 is 0. The third-order valence-electron chi connectivity index (χ3n) is 3.58. The molecule has 2 atom stereocenters. The zero-order valence-electron chi connectivity index (χ0n) is 31.2. The number of methoxy groups -OCH3 is 2. The molecule has 1 aromatic carbocycles. The van der Waals surface area contributed by atoms with E-state index in [0.29, 0.717) is 4.90 Å². The van der Waals surface area contributed by atoms with E-state index in [1.165, 1.54) is 0 Å². The first-order valence-electron chi connectivity index (χ1n) is 16.2. The summed E-state index contributed by atoms with van der Waals surface area (Å²) in [4.78, 5) is 13.8. The lowest BCUT2D eigenvalue weighted by Gasteiger charge is -2.43. The number of piperidine rings is 1. The molecule has 2 aliphatic rings. The van der Waals surface area contributed by atoms with Gasteiger partial charge in [-0.15, -0.1) is 0 Å². The molecule has 0 amide bonds. The van der Waals surface area contributed by atoms with E-state index in [9.17, 15) is 6.17 Å². The summed E-state index contributed by atoms with van der Waals surface area (Å²) in [5, 5.41) is 0. The van der Waals surface area contributed by atoms with Crippen molar-refractivity contribution in [2.45, 2.75) is 38.9 Å². The average Bonchev–Trinajstić information content (AvgIpc) is 2.76. The Labute approximate surface area is 165 Å². The molecule has 1 fully saturated rings. The molecule has 0 aliphatic carbocycles. The van der Waals surface area contributed by atoms with E-state index in [2.05, 4.69) is 0 Å². The Morgan fingerprint density at radius 3 is 3.13 bits per heavy atom. The fraction of sp³-hybridized carbons (Fsp3) is 0.632. The fourth-order valence-corrected chi connectivity index (χ4v) is 2.53. The van der Waals surface area contributed by atoms with Crippen LogP contribution < -0.4 is 9.47 Å². The fourth-order valence-electron chi connectivity index (χ4n) is 2.53. The van der Waals surface area contributed by atoms with Gasteiger partial charge in [-0.25, -0.2) is 0 Å². The van der Waals surface area contributed by atoms with Crippen molar-refractivity contribution >= 4 is 5.78 Å². The first-order chi connectivity index (χ1) is 18.5. The van der Waals surface area contributed by atoms with Gasteiger partial charge < -0.3 is 9.47 Å². The van der Waals surface area contributed by atoms with Crippen molar-refractivity contribution in [3.63, 3.8) is 0 Å². The van der Waals surface area contributed by atoms with Crippen molar-refractivity contribution in [3.8, 4) is 11.5 Å². The summed E-state index contributed by atoms with van der Waals surface area (Å²) in [6, 6.07) is -4.85. The molecule has 4 nitrogen and oxygen atoms in total. The first-order valence-corrected chi connectivity index (χ1v) is 6.68. The van der Waals surface area contributed by atoms with E-state index in [1.54, 1.807) is 0 Å². The minimum Gasteiger partial charge on any atom is -0.493 e. The van der Waals surface area contributed by atoms with Gasteiger partial charge in [0, 0.05) is 49.2 Å². The van der Waals surface area contributed by atoms with E-state index in [4.69, 9.17) is 34.1 Å². The molecule has 0 spiro atoms.